The van der Waals surface area contributed by atoms with Crippen molar-refractivity contribution in [1.29, 1.82) is 0 Å². The highest BCUT2D eigenvalue weighted by molar-refractivity contribution is 8.27. The molecule has 1 amide bonds. The van der Waals surface area contributed by atoms with Crippen molar-refractivity contribution in [3.8, 4) is 5.75 Å². The average molecular weight is 435 g/mol. The Morgan fingerprint density at radius 2 is 1.76 bits per heavy atom. The van der Waals surface area contributed by atoms with Gasteiger partial charge in [-0.25, -0.2) is 4.39 Å². The molecular formula is C16H7Cl3FNO2S2. The van der Waals surface area contributed by atoms with Crippen molar-refractivity contribution in [3.05, 3.63) is 61.7 Å². The predicted octanol–water partition coefficient (Wildman–Crippen LogP) is 5.90. The Bertz CT molecular complexity index is 926. The molecular weight excluding hydrogens is 428 g/mol. The van der Waals surface area contributed by atoms with Gasteiger partial charge in [0.2, 0.25) is 0 Å². The van der Waals surface area contributed by atoms with Crippen LogP contribution in [-0.4, -0.2) is 15.3 Å². The molecule has 2 aromatic carbocycles. The number of phenols is 1. The van der Waals surface area contributed by atoms with E-state index in [4.69, 9.17) is 47.0 Å². The zero-order valence-corrected chi connectivity index (χ0v) is 16.0. The van der Waals surface area contributed by atoms with Crippen LogP contribution < -0.4 is 4.90 Å². The van der Waals surface area contributed by atoms with Crippen LogP contribution in [0.5, 0.6) is 5.75 Å². The summed E-state index contributed by atoms with van der Waals surface area (Å²) in [6.07, 6.45) is 1.56. The number of rotatable bonds is 2. The maximum atomic E-state index is 13.3. The maximum Gasteiger partial charge on any atom is 0.270 e. The number of hydrogen-bond donors (Lipinski definition) is 1. The number of halogens is 4. The largest absolute Gasteiger partial charge is 0.505 e. The molecule has 128 valence electrons. The molecule has 1 heterocycles. The monoisotopic (exact) mass is 433 g/mol. The fourth-order valence-corrected chi connectivity index (χ4v) is 4.11. The summed E-state index contributed by atoms with van der Waals surface area (Å²) >= 11 is 23.9. The first-order valence-electron chi connectivity index (χ1n) is 6.69. The smallest absolute Gasteiger partial charge is 0.270 e. The van der Waals surface area contributed by atoms with Crippen molar-refractivity contribution in [1.82, 2.24) is 0 Å². The summed E-state index contributed by atoms with van der Waals surface area (Å²) < 4.78 is 13.6. The highest BCUT2D eigenvalue weighted by Crippen LogP contribution is 2.39. The van der Waals surface area contributed by atoms with Crippen LogP contribution in [0, 0.1) is 5.82 Å². The van der Waals surface area contributed by atoms with Gasteiger partial charge in [-0.1, -0.05) is 58.8 Å². The van der Waals surface area contributed by atoms with Crippen LogP contribution in [0.2, 0.25) is 15.1 Å². The Kier molecular flexibility index (Phi) is 5.27. The highest BCUT2D eigenvalue weighted by Gasteiger charge is 2.33. The van der Waals surface area contributed by atoms with Crippen molar-refractivity contribution in [2.24, 2.45) is 0 Å². The fraction of sp³-hybridized carbons (Fsp3) is 0. The van der Waals surface area contributed by atoms with E-state index in [-0.39, 0.29) is 31.0 Å². The molecule has 3 nitrogen and oxygen atoms in total. The second-order valence-electron chi connectivity index (χ2n) is 4.95. The Labute approximate surface area is 167 Å². The topological polar surface area (TPSA) is 40.5 Å². The van der Waals surface area contributed by atoms with E-state index in [2.05, 4.69) is 0 Å². The van der Waals surface area contributed by atoms with Gasteiger partial charge in [-0.15, -0.1) is 0 Å². The molecule has 25 heavy (non-hydrogen) atoms. The van der Waals surface area contributed by atoms with Crippen molar-refractivity contribution in [2.75, 3.05) is 4.90 Å². The Morgan fingerprint density at radius 1 is 1.12 bits per heavy atom. The summed E-state index contributed by atoms with van der Waals surface area (Å²) in [5.74, 6) is -1.19. The molecule has 1 fully saturated rings. The van der Waals surface area contributed by atoms with E-state index in [0.717, 1.165) is 11.8 Å². The van der Waals surface area contributed by atoms with E-state index in [0.29, 0.717) is 16.2 Å². The molecule has 0 unspecified atom stereocenters. The number of thioether (sulfide) groups is 1. The average Bonchev–Trinajstić information content (AvgIpc) is 2.82. The third-order valence-corrected chi connectivity index (χ3v) is 5.46. The first kappa shape index (κ1) is 18.5. The first-order chi connectivity index (χ1) is 11.8. The Hall–Kier alpha value is -1.31. The van der Waals surface area contributed by atoms with Gasteiger partial charge in [0.15, 0.2) is 10.1 Å². The lowest BCUT2D eigenvalue weighted by molar-refractivity contribution is -0.113. The number of hydrogen-bond acceptors (Lipinski definition) is 4. The normalized spacial score (nSPS) is 16.2. The van der Waals surface area contributed by atoms with Crippen molar-refractivity contribution < 1.29 is 14.3 Å². The first-order valence-corrected chi connectivity index (χ1v) is 9.05. The van der Waals surface area contributed by atoms with Crippen LogP contribution >= 0.6 is 58.8 Å². The Balaban J connectivity index is 1.97. The number of nitrogens with zero attached hydrogens (tertiary/aromatic N) is 1. The summed E-state index contributed by atoms with van der Waals surface area (Å²) in [6.45, 7) is 0. The number of aromatic hydroxyl groups is 1. The molecule has 0 saturated carbocycles. The summed E-state index contributed by atoms with van der Waals surface area (Å²) in [7, 11) is 0. The summed E-state index contributed by atoms with van der Waals surface area (Å²) in [5, 5.41) is 9.63. The summed E-state index contributed by atoms with van der Waals surface area (Å²) in [4.78, 5) is 14.3. The molecule has 0 spiro atoms. The zero-order chi connectivity index (χ0) is 18.3. The molecule has 0 aromatic heterocycles. The van der Waals surface area contributed by atoms with Crippen molar-refractivity contribution in [3.63, 3.8) is 0 Å². The minimum absolute atomic E-state index is 0.0690. The third kappa shape index (κ3) is 3.64. The third-order valence-electron chi connectivity index (χ3n) is 3.29. The van der Waals surface area contributed by atoms with Crippen LogP contribution in [0.3, 0.4) is 0 Å². The molecule has 9 heteroatoms. The van der Waals surface area contributed by atoms with Gasteiger partial charge in [-0.05, 0) is 42.0 Å². The fourth-order valence-electron chi connectivity index (χ4n) is 2.13. The Morgan fingerprint density at radius 3 is 2.36 bits per heavy atom. The van der Waals surface area contributed by atoms with Gasteiger partial charge in [0.05, 0.1) is 25.7 Å². The van der Waals surface area contributed by atoms with Gasteiger partial charge in [-0.2, -0.15) is 0 Å². The van der Waals surface area contributed by atoms with Crippen LogP contribution in [0.25, 0.3) is 6.08 Å². The van der Waals surface area contributed by atoms with E-state index in [1.54, 1.807) is 6.08 Å². The van der Waals surface area contributed by atoms with E-state index in [1.165, 1.54) is 35.2 Å². The number of anilines is 1. The number of carbonyl (C=O) groups excluding carboxylic acids is 1. The lowest BCUT2D eigenvalue weighted by Gasteiger charge is -2.14. The zero-order valence-electron chi connectivity index (χ0n) is 12.1. The lowest BCUT2D eigenvalue weighted by atomic mass is 10.2. The molecule has 0 bridgehead atoms. The van der Waals surface area contributed by atoms with E-state index < -0.39 is 5.82 Å². The molecule has 2 aromatic rings. The molecule has 0 radical (unpaired) electrons. The second-order valence-corrected chi connectivity index (χ2v) is 7.85. The van der Waals surface area contributed by atoms with Crippen LogP contribution in [-0.2, 0) is 4.79 Å². The highest BCUT2D eigenvalue weighted by atomic mass is 35.5. The van der Waals surface area contributed by atoms with E-state index >= 15 is 0 Å². The number of benzene rings is 2. The SMILES string of the molecule is O=C1/C(=C\c2cc(Cl)c(O)c(Cl)c2)SC(=S)N1c1ccc(F)c(Cl)c1. The standard InChI is InChI=1S/C16H7Cl3FNO2S2/c17-9-6-8(1-2-12(9)20)21-15(23)13(25-16(21)24)5-7-3-10(18)14(22)11(19)4-7/h1-6,22H/b13-5+. The van der Waals surface area contributed by atoms with Gasteiger partial charge >= 0.3 is 0 Å². The van der Waals surface area contributed by atoms with E-state index in [1.807, 2.05) is 0 Å². The van der Waals surface area contributed by atoms with Gasteiger partial charge in [0, 0.05) is 0 Å². The summed E-state index contributed by atoms with van der Waals surface area (Å²) in [6, 6.07) is 6.87. The molecule has 0 atom stereocenters. The second kappa shape index (κ2) is 7.13. The van der Waals surface area contributed by atoms with Gasteiger partial charge in [0.25, 0.3) is 5.91 Å². The lowest BCUT2D eigenvalue weighted by Crippen LogP contribution is -2.27. The minimum Gasteiger partial charge on any atom is -0.505 e. The molecule has 1 aliphatic heterocycles. The van der Waals surface area contributed by atoms with Crippen LogP contribution in [0.4, 0.5) is 10.1 Å². The molecule has 1 saturated heterocycles. The minimum atomic E-state index is -0.584. The van der Waals surface area contributed by atoms with Gasteiger partial charge in [-0.3, -0.25) is 9.69 Å². The number of thiocarbonyl (C=S) groups is 1. The summed E-state index contributed by atoms with van der Waals surface area (Å²) in [5.41, 5.74) is 0.907. The molecule has 3 rings (SSSR count). The number of carbonyl (C=O) groups is 1. The van der Waals surface area contributed by atoms with E-state index in [9.17, 15) is 14.3 Å². The quantitative estimate of drug-likeness (QED) is 0.472. The van der Waals surface area contributed by atoms with Gasteiger partial charge in [0.1, 0.15) is 5.82 Å². The number of amides is 1. The predicted molar refractivity (Wildman–Crippen MR) is 105 cm³/mol. The van der Waals surface area contributed by atoms with Crippen molar-refractivity contribution in [2.45, 2.75) is 0 Å². The van der Waals surface area contributed by atoms with Gasteiger partial charge < -0.3 is 5.11 Å². The molecule has 0 aliphatic carbocycles. The molecule has 1 aliphatic rings. The van der Waals surface area contributed by atoms with Crippen LogP contribution in [0.1, 0.15) is 5.56 Å². The van der Waals surface area contributed by atoms with Crippen LogP contribution in [0.15, 0.2) is 35.2 Å². The van der Waals surface area contributed by atoms with Crippen molar-refractivity contribution >= 4 is 80.8 Å². The maximum absolute atomic E-state index is 13.3. The number of phenolic OH excluding ortho intramolecular Hbond substituents is 1. The molecule has 1 N–H and O–H groups in total.